The average Bonchev–Trinajstić information content (AvgIpc) is 2.84. The van der Waals surface area contributed by atoms with E-state index in [1.54, 1.807) is 24.3 Å². The second-order valence-electron chi connectivity index (χ2n) is 9.49. The SMILES string of the molecule is CCC(CCCN1CCN(CC(=O)NC(C)C)CC1)Oc1ccc(C(=O)c2ccc(Cl)cc2)cc1. The topological polar surface area (TPSA) is 61.9 Å². The molecular weight excluding hydrogens is 462 g/mol. The zero-order valence-corrected chi connectivity index (χ0v) is 21.9. The van der Waals surface area contributed by atoms with Gasteiger partial charge >= 0.3 is 0 Å². The Balaban J connectivity index is 1.38. The number of hydrogen-bond donors (Lipinski definition) is 1. The second kappa shape index (κ2) is 13.6. The van der Waals surface area contributed by atoms with Crippen LogP contribution in [0, 0.1) is 0 Å². The summed E-state index contributed by atoms with van der Waals surface area (Å²) in [5.74, 6) is 0.873. The zero-order valence-electron chi connectivity index (χ0n) is 21.1. The van der Waals surface area contributed by atoms with Gasteiger partial charge in [-0.05, 0) is 88.2 Å². The van der Waals surface area contributed by atoms with E-state index in [-0.39, 0.29) is 23.8 Å². The van der Waals surface area contributed by atoms with Gasteiger partial charge in [-0.25, -0.2) is 0 Å². The summed E-state index contributed by atoms with van der Waals surface area (Å²) in [5.41, 5.74) is 1.25. The quantitative estimate of drug-likeness (QED) is 0.431. The highest BCUT2D eigenvalue weighted by Gasteiger charge is 2.19. The Morgan fingerprint density at radius 2 is 1.51 bits per heavy atom. The molecule has 1 fully saturated rings. The zero-order chi connectivity index (χ0) is 25.2. The smallest absolute Gasteiger partial charge is 0.234 e. The largest absolute Gasteiger partial charge is 0.490 e. The molecule has 2 aromatic rings. The number of halogens is 1. The van der Waals surface area contributed by atoms with Gasteiger partial charge in [0.25, 0.3) is 0 Å². The van der Waals surface area contributed by atoms with Crippen molar-refractivity contribution < 1.29 is 14.3 Å². The minimum atomic E-state index is -0.0269. The summed E-state index contributed by atoms with van der Waals surface area (Å²) in [7, 11) is 0. The first kappa shape index (κ1) is 27.2. The molecular formula is C28H38ClN3O3. The third-order valence-electron chi connectivity index (χ3n) is 6.26. The van der Waals surface area contributed by atoms with Crippen molar-refractivity contribution in [1.82, 2.24) is 15.1 Å². The van der Waals surface area contributed by atoms with Crippen molar-refractivity contribution in [3.05, 3.63) is 64.7 Å². The standard InChI is InChI=1S/C28H38ClN3O3/c1-4-25(6-5-15-31-16-18-32(19-17-31)20-27(33)30-21(2)3)35-26-13-9-23(10-14-26)28(34)22-7-11-24(29)12-8-22/h7-14,21,25H,4-6,15-20H2,1-3H3,(H,30,33). The van der Waals surface area contributed by atoms with E-state index in [9.17, 15) is 9.59 Å². The predicted molar refractivity (Wildman–Crippen MR) is 141 cm³/mol. The molecule has 6 nitrogen and oxygen atoms in total. The molecule has 0 spiro atoms. The van der Waals surface area contributed by atoms with Crippen LogP contribution >= 0.6 is 11.6 Å². The van der Waals surface area contributed by atoms with Crippen LogP contribution in [0.2, 0.25) is 5.02 Å². The molecule has 1 heterocycles. The van der Waals surface area contributed by atoms with E-state index in [0.717, 1.165) is 57.7 Å². The maximum atomic E-state index is 12.6. The normalized spacial score (nSPS) is 15.7. The molecule has 1 aliphatic rings. The molecule has 1 unspecified atom stereocenters. The minimum Gasteiger partial charge on any atom is -0.490 e. The molecule has 7 heteroatoms. The molecule has 0 aromatic heterocycles. The first-order chi connectivity index (χ1) is 16.8. The van der Waals surface area contributed by atoms with Crippen molar-refractivity contribution in [2.45, 2.75) is 52.2 Å². The summed E-state index contributed by atoms with van der Waals surface area (Å²) in [5, 5.41) is 3.58. The second-order valence-corrected chi connectivity index (χ2v) is 9.93. The van der Waals surface area contributed by atoms with Crippen molar-refractivity contribution in [3.63, 3.8) is 0 Å². The number of nitrogens with zero attached hydrogens (tertiary/aromatic N) is 2. The number of rotatable bonds is 12. The van der Waals surface area contributed by atoms with Crippen molar-refractivity contribution in [2.75, 3.05) is 39.3 Å². The van der Waals surface area contributed by atoms with Gasteiger partial charge in [0.05, 0.1) is 12.6 Å². The third kappa shape index (κ3) is 8.95. The molecule has 0 radical (unpaired) electrons. The number of carbonyl (C=O) groups is 2. The Hall–Kier alpha value is -2.41. The highest BCUT2D eigenvalue weighted by Crippen LogP contribution is 2.20. The van der Waals surface area contributed by atoms with E-state index in [1.165, 1.54) is 0 Å². The Kier molecular flexibility index (Phi) is 10.6. The van der Waals surface area contributed by atoms with E-state index >= 15 is 0 Å². The van der Waals surface area contributed by atoms with Crippen LogP contribution in [-0.2, 0) is 4.79 Å². The van der Waals surface area contributed by atoms with Gasteiger partial charge in [-0.2, -0.15) is 0 Å². The lowest BCUT2D eigenvalue weighted by Gasteiger charge is -2.34. The maximum Gasteiger partial charge on any atom is 0.234 e. The summed E-state index contributed by atoms with van der Waals surface area (Å²) in [6, 6.07) is 14.5. The van der Waals surface area contributed by atoms with Crippen molar-refractivity contribution >= 4 is 23.3 Å². The monoisotopic (exact) mass is 499 g/mol. The van der Waals surface area contributed by atoms with Crippen molar-refractivity contribution in [2.24, 2.45) is 0 Å². The number of piperazine rings is 1. The molecule has 1 atom stereocenters. The summed E-state index contributed by atoms with van der Waals surface area (Å²) in [4.78, 5) is 29.3. The average molecular weight is 500 g/mol. The molecule has 1 aliphatic heterocycles. The Labute approximate surface area is 214 Å². The fraction of sp³-hybridized carbons (Fsp3) is 0.500. The highest BCUT2D eigenvalue weighted by atomic mass is 35.5. The first-order valence-electron chi connectivity index (χ1n) is 12.6. The highest BCUT2D eigenvalue weighted by molar-refractivity contribution is 6.30. The lowest BCUT2D eigenvalue weighted by atomic mass is 10.0. The molecule has 0 aliphatic carbocycles. The van der Waals surface area contributed by atoms with Gasteiger partial charge in [0.2, 0.25) is 5.91 Å². The predicted octanol–water partition coefficient (Wildman–Crippen LogP) is 4.65. The van der Waals surface area contributed by atoms with Crippen molar-refractivity contribution in [1.29, 1.82) is 0 Å². The number of nitrogens with one attached hydrogen (secondary N) is 1. The molecule has 1 saturated heterocycles. The molecule has 1 N–H and O–H groups in total. The number of carbonyl (C=O) groups excluding carboxylic acids is 2. The van der Waals surface area contributed by atoms with Crippen LogP contribution in [0.3, 0.4) is 0 Å². The summed E-state index contributed by atoms with van der Waals surface area (Å²) >= 11 is 5.92. The number of ketones is 1. The van der Waals surface area contributed by atoms with Crippen LogP contribution in [0.15, 0.2) is 48.5 Å². The number of amides is 1. The lowest BCUT2D eigenvalue weighted by molar-refractivity contribution is -0.123. The third-order valence-corrected chi connectivity index (χ3v) is 6.52. The Morgan fingerprint density at radius 1 is 0.943 bits per heavy atom. The maximum absolute atomic E-state index is 12.6. The minimum absolute atomic E-state index is 0.0269. The van der Waals surface area contributed by atoms with E-state index in [2.05, 4.69) is 22.0 Å². The van der Waals surface area contributed by atoms with Crippen LogP contribution in [-0.4, -0.2) is 72.9 Å². The van der Waals surface area contributed by atoms with Crippen molar-refractivity contribution in [3.8, 4) is 5.75 Å². The number of hydrogen-bond acceptors (Lipinski definition) is 5. The van der Waals surface area contributed by atoms with Gasteiger partial charge in [0.15, 0.2) is 5.78 Å². The molecule has 0 bridgehead atoms. The van der Waals surface area contributed by atoms with Gasteiger partial charge in [-0.15, -0.1) is 0 Å². The first-order valence-corrected chi connectivity index (χ1v) is 13.0. The molecule has 2 aromatic carbocycles. The lowest BCUT2D eigenvalue weighted by Crippen LogP contribution is -2.50. The molecule has 190 valence electrons. The van der Waals surface area contributed by atoms with E-state index in [1.807, 2.05) is 38.1 Å². The van der Waals surface area contributed by atoms with Crippen LogP contribution in [0.1, 0.15) is 56.0 Å². The van der Waals surface area contributed by atoms with Gasteiger partial charge in [-0.1, -0.05) is 18.5 Å². The molecule has 0 saturated carbocycles. The van der Waals surface area contributed by atoms with Gasteiger partial charge in [-0.3, -0.25) is 14.5 Å². The van der Waals surface area contributed by atoms with E-state index < -0.39 is 0 Å². The number of ether oxygens (including phenoxy) is 1. The molecule has 35 heavy (non-hydrogen) atoms. The number of benzene rings is 2. The Morgan fingerprint density at radius 3 is 2.09 bits per heavy atom. The van der Waals surface area contributed by atoms with E-state index in [4.69, 9.17) is 16.3 Å². The van der Waals surface area contributed by atoms with E-state index in [0.29, 0.717) is 22.7 Å². The summed E-state index contributed by atoms with van der Waals surface area (Å²) < 4.78 is 6.20. The fourth-order valence-corrected chi connectivity index (χ4v) is 4.40. The van der Waals surface area contributed by atoms with Gasteiger partial charge in [0, 0.05) is 48.4 Å². The summed E-state index contributed by atoms with van der Waals surface area (Å²) in [6.45, 7) is 11.5. The molecule has 1 amide bonds. The van der Waals surface area contributed by atoms with Crippen LogP contribution in [0.4, 0.5) is 0 Å². The van der Waals surface area contributed by atoms with Gasteiger partial charge in [0.1, 0.15) is 5.75 Å². The Bertz CT molecular complexity index is 939. The van der Waals surface area contributed by atoms with Gasteiger partial charge < -0.3 is 15.0 Å². The summed E-state index contributed by atoms with van der Waals surface area (Å²) in [6.07, 6.45) is 3.14. The van der Waals surface area contributed by atoms with Crippen LogP contribution < -0.4 is 10.1 Å². The van der Waals surface area contributed by atoms with Crippen LogP contribution in [0.25, 0.3) is 0 Å². The van der Waals surface area contributed by atoms with Crippen LogP contribution in [0.5, 0.6) is 5.75 Å². The fourth-order valence-electron chi connectivity index (χ4n) is 4.28. The molecule has 3 rings (SSSR count).